The van der Waals surface area contributed by atoms with Crippen molar-refractivity contribution < 1.29 is 28.4 Å². The van der Waals surface area contributed by atoms with Crippen molar-refractivity contribution in [1.29, 1.82) is 0 Å². The molecule has 3 rings (SSSR count). The minimum atomic E-state index is -4.68. The van der Waals surface area contributed by atoms with Gasteiger partial charge >= 0.3 is 7.82 Å². The summed E-state index contributed by atoms with van der Waals surface area (Å²) in [6, 6.07) is 23.7. The van der Waals surface area contributed by atoms with Crippen LogP contribution in [0.3, 0.4) is 0 Å². The van der Waals surface area contributed by atoms with Crippen LogP contribution in [-0.2, 0) is 20.5 Å². The van der Waals surface area contributed by atoms with Crippen molar-refractivity contribution in [2.75, 3.05) is 11.9 Å². The van der Waals surface area contributed by atoms with Crippen LogP contribution in [0.5, 0.6) is 5.75 Å². The van der Waals surface area contributed by atoms with E-state index in [1.807, 2.05) is 42.5 Å². The third-order valence-electron chi connectivity index (χ3n) is 4.35. The van der Waals surface area contributed by atoms with Crippen LogP contribution in [0.4, 0.5) is 5.69 Å². The Morgan fingerprint density at radius 3 is 2.16 bits per heavy atom. The number of phosphoric ester groups is 1. The minimum Gasteiger partial charge on any atom is -0.489 e. The van der Waals surface area contributed by atoms with Gasteiger partial charge in [-0.05, 0) is 41.0 Å². The van der Waals surface area contributed by atoms with Gasteiger partial charge in [0.05, 0.1) is 6.61 Å². The van der Waals surface area contributed by atoms with Crippen molar-refractivity contribution in [1.82, 2.24) is 0 Å². The second-order valence-corrected chi connectivity index (χ2v) is 8.00. The van der Waals surface area contributed by atoms with Crippen LogP contribution in [0.1, 0.15) is 5.56 Å². The van der Waals surface area contributed by atoms with E-state index in [9.17, 15) is 9.36 Å². The van der Waals surface area contributed by atoms with Gasteiger partial charge in [-0.3, -0.25) is 9.32 Å². The number of nitrogens with two attached hydrogens (primary N) is 1. The molecule has 0 aromatic heterocycles. The number of ether oxygens (including phenoxy) is 1. The lowest BCUT2D eigenvalue weighted by atomic mass is 10.0. The summed E-state index contributed by atoms with van der Waals surface area (Å²) in [7, 11) is -4.68. The molecule has 0 radical (unpaired) electrons. The predicted molar refractivity (Wildman–Crippen MR) is 117 cm³/mol. The maximum Gasteiger partial charge on any atom is 0.469 e. The quantitative estimate of drug-likeness (QED) is 0.374. The zero-order valence-corrected chi connectivity index (χ0v) is 17.4. The lowest BCUT2D eigenvalue weighted by Gasteiger charge is -2.13. The Hall–Kier alpha value is -3.00. The minimum absolute atomic E-state index is 0.394. The molecule has 0 aliphatic carbocycles. The van der Waals surface area contributed by atoms with E-state index in [0.717, 1.165) is 16.7 Å². The summed E-state index contributed by atoms with van der Waals surface area (Å²) in [5.74, 6) is -0.000101. The number of hydrogen-bond acceptors (Lipinski definition) is 5. The molecule has 31 heavy (non-hydrogen) atoms. The van der Waals surface area contributed by atoms with Crippen LogP contribution in [0.25, 0.3) is 11.1 Å². The van der Waals surface area contributed by atoms with Gasteiger partial charge in [0.1, 0.15) is 18.4 Å². The first kappa shape index (κ1) is 22.7. The second-order valence-electron chi connectivity index (χ2n) is 6.76. The van der Waals surface area contributed by atoms with Crippen molar-refractivity contribution in [3.63, 3.8) is 0 Å². The van der Waals surface area contributed by atoms with Gasteiger partial charge in [-0.2, -0.15) is 0 Å². The van der Waals surface area contributed by atoms with Gasteiger partial charge in [0.2, 0.25) is 5.91 Å². The van der Waals surface area contributed by atoms with E-state index in [2.05, 4.69) is 22.0 Å². The first-order chi connectivity index (χ1) is 14.8. The van der Waals surface area contributed by atoms with Gasteiger partial charge in [-0.1, -0.05) is 54.6 Å². The van der Waals surface area contributed by atoms with Gasteiger partial charge in [0.25, 0.3) is 0 Å². The highest BCUT2D eigenvalue weighted by atomic mass is 31.2. The molecule has 0 unspecified atom stereocenters. The maximum atomic E-state index is 12.0. The molecule has 9 heteroatoms. The van der Waals surface area contributed by atoms with Crippen LogP contribution in [-0.4, -0.2) is 28.3 Å². The van der Waals surface area contributed by atoms with E-state index >= 15 is 0 Å². The molecule has 0 saturated carbocycles. The highest BCUT2D eigenvalue weighted by Crippen LogP contribution is 2.35. The molecule has 3 aromatic carbocycles. The Balaban J connectivity index is 1.49. The van der Waals surface area contributed by atoms with Crippen molar-refractivity contribution in [2.24, 2.45) is 5.73 Å². The van der Waals surface area contributed by atoms with Crippen LogP contribution in [0.15, 0.2) is 78.9 Å². The Morgan fingerprint density at radius 2 is 1.55 bits per heavy atom. The maximum absolute atomic E-state index is 12.0. The van der Waals surface area contributed by atoms with Gasteiger partial charge in [-0.15, -0.1) is 0 Å². The smallest absolute Gasteiger partial charge is 0.469 e. The zero-order valence-electron chi connectivity index (χ0n) is 16.5. The molecule has 1 amide bonds. The Morgan fingerprint density at radius 1 is 0.935 bits per heavy atom. The van der Waals surface area contributed by atoms with E-state index in [0.29, 0.717) is 18.0 Å². The number of amides is 1. The molecule has 8 nitrogen and oxygen atoms in total. The molecule has 0 aliphatic heterocycles. The molecule has 0 bridgehead atoms. The van der Waals surface area contributed by atoms with Gasteiger partial charge < -0.3 is 25.6 Å². The van der Waals surface area contributed by atoms with Gasteiger partial charge in [0.15, 0.2) is 0 Å². The summed E-state index contributed by atoms with van der Waals surface area (Å²) in [5, 5.41) is 2.55. The lowest BCUT2D eigenvalue weighted by molar-refractivity contribution is -0.118. The fraction of sp³-hybridized carbons (Fsp3) is 0.136. The number of anilines is 1. The topological polar surface area (TPSA) is 131 Å². The highest BCUT2D eigenvalue weighted by molar-refractivity contribution is 7.46. The average Bonchev–Trinajstić information content (AvgIpc) is 2.77. The fourth-order valence-corrected chi connectivity index (χ4v) is 3.07. The fourth-order valence-electron chi connectivity index (χ4n) is 2.71. The number of benzene rings is 3. The Labute approximate surface area is 179 Å². The highest BCUT2D eigenvalue weighted by Gasteiger charge is 2.20. The standard InChI is InChI=1S/C22H23N2O6P/c23-21(15-30-31(26,27)28)22(25)24-19-10-12-20(13-11-19)29-14-16-6-8-18(9-7-16)17-4-2-1-3-5-17/h1-13,21H,14-15,23H2,(H,24,25)(H2,26,27,28)/t21-/m0/s1. The number of carbonyl (C=O) groups is 1. The predicted octanol–water partition coefficient (Wildman–Crippen LogP) is 3.31. The van der Waals surface area contributed by atoms with Crippen LogP contribution >= 0.6 is 7.82 Å². The largest absolute Gasteiger partial charge is 0.489 e. The molecule has 162 valence electrons. The third-order valence-corrected chi connectivity index (χ3v) is 4.83. The number of rotatable bonds is 9. The lowest BCUT2D eigenvalue weighted by Crippen LogP contribution is -2.39. The van der Waals surface area contributed by atoms with Crippen molar-refractivity contribution in [3.8, 4) is 16.9 Å². The summed E-state index contributed by atoms with van der Waals surface area (Å²) in [4.78, 5) is 29.3. The summed E-state index contributed by atoms with van der Waals surface area (Å²) >= 11 is 0. The SMILES string of the molecule is N[C@@H](COP(=O)(O)O)C(=O)Nc1ccc(OCc2ccc(-c3ccccc3)cc2)cc1. The molecule has 0 aliphatic rings. The molecule has 5 N–H and O–H groups in total. The average molecular weight is 442 g/mol. The molecule has 0 saturated heterocycles. The number of phosphoric acid groups is 1. The van der Waals surface area contributed by atoms with Gasteiger partial charge in [-0.25, -0.2) is 4.57 Å². The Bertz CT molecular complexity index is 1040. The van der Waals surface area contributed by atoms with E-state index in [1.54, 1.807) is 24.3 Å². The summed E-state index contributed by atoms with van der Waals surface area (Å²) in [6.07, 6.45) is 0. The first-order valence-electron chi connectivity index (χ1n) is 9.44. The summed E-state index contributed by atoms with van der Waals surface area (Å²) in [6.45, 7) is -0.203. The van der Waals surface area contributed by atoms with E-state index < -0.39 is 26.4 Å². The summed E-state index contributed by atoms with van der Waals surface area (Å²) in [5.41, 5.74) is 9.33. The van der Waals surface area contributed by atoms with Crippen molar-refractivity contribution in [3.05, 3.63) is 84.4 Å². The number of carbonyl (C=O) groups excluding carboxylic acids is 1. The number of nitrogens with one attached hydrogen (secondary N) is 1. The van der Waals surface area contributed by atoms with Crippen LogP contribution in [0.2, 0.25) is 0 Å². The first-order valence-corrected chi connectivity index (χ1v) is 11.0. The molecule has 1 atom stereocenters. The Kier molecular flexibility index (Phi) is 7.57. The molecule has 0 heterocycles. The molecular formula is C22H23N2O6P. The summed E-state index contributed by atoms with van der Waals surface area (Å²) < 4.78 is 20.7. The van der Waals surface area contributed by atoms with E-state index in [1.165, 1.54) is 0 Å². The zero-order chi connectivity index (χ0) is 22.3. The van der Waals surface area contributed by atoms with Crippen LogP contribution in [0, 0.1) is 0 Å². The molecule has 0 spiro atoms. The van der Waals surface area contributed by atoms with E-state index in [-0.39, 0.29) is 0 Å². The van der Waals surface area contributed by atoms with Crippen LogP contribution < -0.4 is 15.8 Å². The van der Waals surface area contributed by atoms with Gasteiger partial charge in [0, 0.05) is 5.69 Å². The molecule has 0 fully saturated rings. The second kappa shape index (κ2) is 10.3. The van der Waals surface area contributed by atoms with Crippen molar-refractivity contribution >= 4 is 19.4 Å². The normalized spacial score (nSPS) is 12.2. The monoisotopic (exact) mass is 442 g/mol. The third kappa shape index (κ3) is 7.32. The van der Waals surface area contributed by atoms with E-state index in [4.69, 9.17) is 20.3 Å². The molecular weight excluding hydrogens is 419 g/mol. The number of hydrogen-bond donors (Lipinski definition) is 4. The van der Waals surface area contributed by atoms with Crippen molar-refractivity contribution in [2.45, 2.75) is 12.6 Å². The molecule has 3 aromatic rings.